The lowest BCUT2D eigenvalue weighted by atomic mass is 10.1. The number of hydrogen-bond acceptors (Lipinski definition) is 3. The van der Waals surface area contributed by atoms with E-state index in [1.165, 1.54) is 18.4 Å². The SMILES string of the molecule is CCNC(=NCc1ccc(C)cc1OCCOCC)NCC1CC1. The first-order valence-corrected chi connectivity index (χ1v) is 9.05. The summed E-state index contributed by atoms with van der Waals surface area (Å²) in [6.07, 6.45) is 2.67. The summed E-state index contributed by atoms with van der Waals surface area (Å²) in [6.45, 7) is 10.5. The van der Waals surface area contributed by atoms with Crippen LogP contribution in [-0.2, 0) is 11.3 Å². The molecule has 1 saturated carbocycles. The van der Waals surface area contributed by atoms with Gasteiger partial charge < -0.3 is 20.1 Å². The largest absolute Gasteiger partial charge is 0.491 e. The van der Waals surface area contributed by atoms with Gasteiger partial charge >= 0.3 is 0 Å². The maximum Gasteiger partial charge on any atom is 0.191 e. The first-order valence-electron chi connectivity index (χ1n) is 9.05. The number of guanidine groups is 1. The number of nitrogens with zero attached hydrogens (tertiary/aromatic N) is 1. The normalized spacial score (nSPS) is 14.5. The Morgan fingerprint density at radius 1 is 1.21 bits per heavy atom. The molecule has 0 radical (unpaired) electrons. The van der Waals surface area contributed by atoms with Crippen molar-refractivity contribution >= 4 is 5.96 Å². The van der Waals surface area contributed by atoms with Crippen LogP contribution in [0, 0.1) is 12.8 Å². The first kappa shape index (κ1) is 18.6. The summed E-state index contributed by atoms with van der Waals surface area (Å²) in [7, 11) is 0. The van der Waals surface area contributed by atoms with E-state index in [9.17, 15) is 0 Å². The minimum Gasteiger partial charge on any atom is -0.491 e. The summed E-state index contributed by atoms with van der Waals surface area (Å²) in [5.74, 6) is 2.60. The average molecular weight is 333 g/mol. The molecule has 0 heterocycles. The van der Waals surface area contributed by atoms with Crippen molar-refractivity contribution in [2.24, 2.45) is 10.9 Å². The fraction of sp³-hybridized carbons (Fsp3) is 0.632. The van der Waals surface area contributed by atoms with Crippen LogP contribution in [0.4, 0.5) is 0 Å². The molecule has 1 aromatic rings. The summed E-state index contributed by atoms with van der Waals surface area (Å²) < 4.78 is 11.2. The predicted octanol–water partition coefficient (Wildman–Crippen LogP) is 2.88. The first-order chi connectivity index (χ1) is 11.7. The van der Waals surface area contributed by atoms with Crippen molar-refractivity contribution in [3.8, 4) is 5.75 Å². The lowest BCUT2D eigenvalue weighted by Gasteiger charge is -2.13. The second-order valence-electron chi connectivity index (χ2n) is 6.18. The summed E-state index contributed by atoms with van der Waals surface area (Å²) in [4.78, 5) is 4.70. The number of aliphatic imine (C=N–C) groups is 1. The van der Waals surface area contributed by atoms with Gasteiger partial charge in [0.1, 0.15) is 12.4 Å². The van der Waals surface area contributed by atoms with Crippen molar-refractivity contribution < 1.29 is 9.47 Å². The third kappa shape index (κ3) is 6.79. The highest BCUT2D eigenvalue weighted by molar-refractivity contribution is 5.79. The van der Waals surface area contributed by atoms with Crippen LogP contribution in [0.1, 0.15) is 37.8 Å². The number of rotatable bonds is 10. The van der Waals surface area contributed by atoms with Crippen LogP contribution in [0.25, 0.3) is 0 Å². The molecular weight excluding hydrogens is 302 g/mol. The third-order valence-electron chi connectivity index (χ3n) is 3.92. The lowest BCUT2D eigenvalue weighted by Crippen LogP contribution is -2.38. The molecule has 1 aromatic carbocycles. The minimum absolute atomic E-state index is 0.563. The Labute approximate surface area is 145 Å². The maximum absolute atomic E-state index is 5.89. The van der Waals surface area contributed by atoms with E-state index < -0.39 is 0 Å². The summed E-state index contributed by atoms with van der Waals surface area (Å²) in [5.41, 5.74) is 2.29. The fourth-order valence-corrected chi connectivity index (χ4v) is 2.35. The summed E-state index contributed by atoms with van der Waals surface area (Å²) in [6, 6.07) is 6.27. The third-order valence-corrected chi connectivity index (χ3v) is 3.92. The van der Waals surface area contributed by atoms with Gasteiger partial charge in [-0.3, -0.25) is 0 Å². The Kier molecular flexibility index (Phi) is 7.89. The maximum atomic E-state index is 5.89. The van der Waals surface area contributed by atoms with Gasteiger partial charge in [0.2, 0.25) is 0 Å². The van der Waals surface area contributed by atoms with E-state index in [-0.39, 0.29) is 0 Å². The summed E-state index contributed by atoms with van der Waals surface area (Å²) >= 11 is 0. The molecule has 5 nitrogen and oxygen atoms in total. The fourth-order valence-electron chi connectivity index (χ4n) is 2.35. The smallest absolute Gasteiger partial charge is 0.191 e. The molecule has 2 rings (SSSR count). The average Bonchev–Trinajstić information content (AvgIpc) is 3.40. The van der Waals surface area contributed by atoms with Gasteiger partial charge in [0.15, 0.2) is 5.96 Å². The van der Waals surface area contributed by atoms with Crippen LogP contribution in [-0.4, -0.2) is 38.9 Å². The molecule has 0 atom stereocenters. The van der Waals surface area contributed by atoms with E-state index in [0.717, 1.165) is 36.3 Å². The molecular formula is C19H31N3O2. The molecule has 1 aliphatic carbocycles. The molecule has 0 aromatic heterocycles. The number of benzene rings is 1. The summed E-state index contributed by atoms with van der Waals surface area (Å²) in [5, 5.41) is 6.73. The molecule has 24 heavy (non-hydrogen) atoms. The van der Waals surface area contributed by atoms with E-state index >= 15 is 0 Å². The molecule has 2 N–H and O–H groups in total. The molecule has 0 saturated heterocycles. The lowest BCUT2D eigenvalue weighted by molar-refractivity contribution is 0.110. The van der Waals surface area contributed by atoms with Gasteiger partial charge in [0.05, 0.1) is 13.2 Å². The molecule has 1 fully saturated rings. The van der Waals surface area contributed by atoms with Crippen LogP contribution in [0.2, 0.25) is 0 Å². The Hall–Kier alpha value is -1.75. The van der Waals surface area contributed by atoms with E-state index in [4.69, 9.17) is 14.5 Å². The molecule has 0 amide bonds. The highest BCUT2D eigenvalue weighted by Gasteiger charge is 2.21. The van der Waals surface area contributed by atoms with Crippen LogP contribution < -0.4 is 15.4 Å². The van der Waals surface area contributed by atoms with Crippen LogP contribution in [0.3, 0.4) is 0 Å². The number of nitrogens with one attached hydrogen (secondary N) is 2. The van der Waals surface area contributed by atoms with Crippen molar-refractivity contribution in [1.82, 2.24) is 10.6 Å². The Morgan fingerprint density at radius 3 is 2.75 bits per heavy atom. The Balaban J connectivity index is 1.95. The van der Waals surface area contributed by atoms with Crippen LogP contribution in [0.15, 0.2) is 23.2 Å². The van der Waals surface area contributed by atoms with Gasteiger partial charge in [-0.1, -0.05) is 12.1 Å². The standard InChI is InChI=1S/C19H31N3O2/c1-4-20-19(21-13-16-7-8-16)22-14-17-9-6-15(3)12-18(17)24-11-10-23-5-2/h6,9,12,16H,4-5,7-8,10-11,13-14H2,1-3H3,(H2,20,21,22). The van der Waals surface area contributed by atoms with Crippen LogP contribution >= 0.6 is 0 Å². The van der Waals surface area contributed by atoms with Gasteiger partial charge in [0.25, 0.3) is 0 Å². The Morgan fingerprint density at radius 2 is 2.04 bits per heavy atom. The van der Waals surface area contributed by atoms with Gasteiger partial charge in [-0.15, -0.1) is 0 Å². The highest BCUT2D eigenvalue weighted by atomic mass is 16.5. The van der Waals surface area contributed by atoms with Gasteiger partial charge in [-0.05, 0) is 51.2 Å². The second kappa shape index (κ2) is 10.2. The molecule has 0 spiro atoms. The molecule has 1 aliphatic rings. The van der Waals surface area contributed by atoms with Crippen molar-refractivity contribution in [3.05, 3.63) is 29.3 Å². The highest BCUT2D eigenvalue weighted by Crippen LogP contribution is 2.27. The molecule has 0 aliphatic heterocycles. The number of aryl methyl sites for hydroxylation is 1. The van der Waals surface area contributed by atoms with Crippen molar-refractivity contribution in [2.75, 3.05) is 32.9 Å². The van der Waals surface area contributed by atoms with E-state index in [2.05, 4.69) is 42.7 Å². The monoisotopic (exact) mass is 333 g/mol. The van der Waals surface area contributed by atoms with E-state index in [0.29, 0.717) is 26.4 Å². The van der Waals surface area contributed by atoms with Gasteiger partial charge in [0, 0.05) is 25.3 Å². The Bertz CT molecular complexity index is 527. The van der Waals surface area contributed by atoms with Crippen LogP contribution in [0.5, 0.6) is 5.75 Å². The van der Waals surface area contributed by atoms with Gasteiger partial charge in [-0.2, -0.15) is 0 Å². The second-order valence-corrected chi connectivity index (χ2v) is 6.18. The molecule has 5 heteroatoms. The quantitative estimate of drug-likeness (QED) is 0.393. The van der Waals surface area contributed by atoms with E-state index in [1.54, 1.807) is 0 Å². The molecule has 0 unspecified atom stereocenters. The molecule has 134 valence electrons. The zero-order chi connectivity index (χ0) is 17.2. The van der Waals surface area contributed by atoms with Crippen molar-refractivity contribution in [2.45, 2.75) is 40.2 Å². The van der Waals surface area contributed by atoms with Crippen molar-refractivity contribution in [1.29, 1.82) is 0 Å². The van der Waals surface area contributed by atoms with Gasteiger partial charge in [-0.25, -0.2) is 4.99 Å². The zero-order valence-electron chi connectivity index (χ0n) is 15.2. The molecule has 0 bridgehead atoms. The number of ether oxygens (including phenoxy) is 2. The minimum atomic E-state index is 0.563. The van der Waals surface area contributed by atoms with E-state index in [1.807, 2.05) is 6.92 Å². The number of hydrogen-bond donors (Lipinski definition) is 2. The topological polar surface area (TPSA) is 54.9 Å². The predicted molar refractivity (Wildman–Crippen MR) is 98.7 cm³/mol. The van der Waals surface area contributed by atoms with Crippen molar-refractivity contribution in [3.63, 3.8) is 0 Å². The zero-order valence-corrected chi connectivity index (χ0v) is 15.2.